The Kier molecular flexibility index (Phi) is 3.57. The molecule has 1 heterocycles. The molecule has 3 rings (SSSR count). The Bertz CT molecular complexity index is 640. The van der Waals surface area contributed by atoms with Crippen molar-refractivity contribution in [1.82, 2.24) is 14.8 Å². The third-order valence-corrected chi connectivity index (χ3v) is 4.28. The summed E-state index contributed by atoms with van der Waals surface area (Å²) >= 11 is 0. The predicted molar refractivity (Wildman–Crippen MR) is 82.1 cm³/mol. The molecule has 0 amide bonds. The summed E-state index contributed by atoms with van der Waals surface area (Å²) in [5, 5.41) is 18.1. The summed E-state index contributed by atoms with van der Waals surface area (Å²) in [4.78, 5) is 0. The number of fused-ring (bicyclic) bond motifs is 1. The average Bonchev–Trinajstić information content (AvgIpc) is 2.91. The maximum Gasteiger partial charge on any atom is 0.159 e. The zero-order valence-corrected chi connectivity index (χ0v) is 13.0. The van der Waals surface area contributed by atoms with Crippen molar-refractivity contribution in [1.29, 1.82) is 0 Å². The first kappa shape index (κ1) is 14.3. The maximum absolute atomic E-state index is 9.53. The Morgan fingerprint density at radius 3 is 2.57 bits per heavy atom. The Morgan fingerprint density at radius 2 is 1.90 bits per heavy atom. The van der Waals surface area contributed by atoms with Gasteiger partial charge in [0.2, 0.25) is 0 Å². The quantitative estimate of drug-likeness (QED) is 0.923. The molecule has 1 aliphatic rings. The van der Waals surface area contributed by atoms with Crippen LogP contribution in [0.15, 0.2) is 24.3 Å². The van der Waals surface area contributed by atoms with Crippen LogP contribution in [0.3, 0.4) is 0 Å². The van der Waals surface area contributed by atoms with Gasteiger partial charge in [-0.1, -0.05) is 24.3 Å². The minimum atomic E-state index is -0.117. The van der Waals surface area contributed by atoms with Gasteiger partial charge in [-0.2, -0.15) is 0 Å². The van der Waals surface area contributed by atoms with Gasteiger partial charge in [0.25, 0.3) is 0 Å². The van der Waals surface area contributed by atoms with E-state index < -0.39 is 0 Å². The molecule has 1 atom stereocenters. The molecular weight excluding hydrogens is 262 g/mol. The highest BCUT2D eigenvalue weighted by Crippen LogP contribution is 2.34. The highest BCUT2D eigenvalue weighted by Gasteiger charge is 2.29. The number of aryl methyl sites for hydroxylation is 1. The summed E-state index contributed by atoms with van der Waals surface area (Å²) in [5.74, 6) is 2.06. The largest absolute Gasteiger partial charge is 0.388 e. The third-order valence-electron chi connectivity index (χ3n) is 4.28. The lowest BCUT2D eigenvalue weighted by Crippen LogP contribution is -2.29. The first-order valence-electron chi connectivity index (χ1n) is 7.63. The van der Waals surface area contributed by atoms with Crippen molar-refractivity contribution in [2.24, 2.45) is 0 Å². The fraction of sp³-hybridized carbons (Fsp3) is 0.529. The number of aliphatic hydroxyl groups is 1. The van der Waals surface area contributed by atoms with Crippen molar-refractivity contribution < 1.29 is 5.11 Å². The minimum absolute atomic E-state index is 0.0619. The molecule has 0 saturated carbocycles. The van der Waals surface area contributed by atoms with E-state index in [1.807, 2.05) is 0 Å². The van der Waals surface area contributed by atoms with Gasteiger partial charge in [-0.05, 0) is 51.2 Å². The summed E-state index contributed by atoms with van der Waals surface area (Å²) in [6.45, 7) is 6.34. The summed E-state index contributed by atoms with van der Waals surface area (Å²) in [6, 6.07) is 8.65. The second-order valence-corrected chi connectivity index (χ2v) is 6.85. The average molecular weight is 285 g/mol. The van der Waals surface area contributed by atoms with Crippen molar-refractivity contribution in [2.75, 3.05) is 0 Å². The van der Waals surface area contributed by atoms with E-state index in [1.54, 1.807) is 0 Å². The standard InChI is InChI=1S/C17H23N3O/c1-17(2,3)20-15(11-21)18-19-16(20)14-9-8-12-6-4-5-7-13(12)10-14/h4-7,14,21H,8-11H2,1-3H3. The second kappa shape index (κ2) is 5.26. The highest BCUT2D eigenvalue weighted by atomic mass is 16.3. The fourth-order valence-corrected chi connectivity index (χ4v) is 3.35. The van der Waals surface area contributed by atoms with Crippen LogP contribution in [0.5, 0.6) is 0 Å². The number of hydrogen-bond acceptors (Lipinski definition) is 3. The molecule has 0 fully saturated rings. The normalized spacial score (nSPS) is 18.6. The smallest absolute Gasteiger partial charge is 0.159 e. The van der Waals surface area contributed by atoms with Gasteiger partial charge >= 0.3 is 0 Å². The van der Waals surface area contributed by atoms with Crippen LogP contribution in [-0.4, -0.2) is 19.9 Å². The second-order valence-electron chi connectivity index (χ2n) is 6.85. The molecule has 1 aliphatic carbocycles. The topological polar surface area (TPSA) is 50.9 Å². The molecule has 0 saturated heterocycles. The first-order valence-corrected chi connectivity index (χ1v) is 7.63. The summed E-state index contributed by atoms with van der Waals surface area (Å²) < 4.78 is 2.12. The number of aliphatic hydroxyl groups excluding tert-OH is 1. The number of rotatable bonds is 2. The van der Waals surface area contributed by atoms with Crippen LogP contribution in [-0.2, 0) is 25.0 Å². The number of hydrogen-bond donors (Lipinski definition) is 1. The van der Waals surface area contributed by atoms with E-state index in [-0.39, 0.29) is 12.1 Å². The monoisotopic (exact) mass is 285 g/mol. The lowest BCUT2D eigenvalue weighted by molar-refractivity contribution is 0.246. The number of aromatic nitrogens is 3. The summed E-state index contributed by atoms with van der Waals surface area (Å²) in [5.41, 5.74) is 2.76. The van der Waals surface area contributed by atoms with E-state index in [9.17, 15) is 5.11 Å². The lowest BCUT2D eigenvalue weighted by Gasteiger charge is -2.30. The molecule has 4 nitrogen and oxygen atoms in total. The third kappa shape index (κ3) is 2.60. The van der Waals surface area contributed by atoms with Crippen molar-refractivity contribution in [3.05, 3.63) is 47.0 Å². The molecular formula is C17H23N3O. The number of nitrogens with zero attached hydrogens (tertiary/aromatic N) is 3. The van der Waals surface area contributed by atoms with Gasteiger partial charge < -0.3 is 9.67 Å². The van der Waals surface area contributed by atoms with Crippen LogP contribution in [0, 0.1) is 0 Å². The van der Waals surface area contributed by atoms with Crippen molar-refractivity contribution in [2.45, 2.75) is 58.1 Å². The molecule has 0 radical (unpaired) electrons. The van der Waals surface area contributed by atoms with E-state index >= 15 is 0 Å². The van der Waals surface area contributed by atoms with Gasteiger partial charge in [0, 0.05) is 11.5 Å². The van der Waals surface area contributed by atoms with E-state index in [2.05, 4.69) is 59.8 Å². The highest BCUT2D eigenvalue weighted by molar-refractivity contribution is 5.31. The van der Waals surface area contributed by atoms with E-state index in [0.717, 1.165) is 25.1 Å². The van der Waals surface area contributed by atoms with Gasteiger partial charge in [-0.15, -0.1) is 10.2 Å². The van der Waals surface area contributed by atoms with Crippen LogP contribution >= 0.6 is 0 Å². The zero-order valence-electron chi connectivity index (χ0n) is 13.0. The molecule has 0 spiro atoms. The van der Waals surface area contributed by atoms with Crippen molar-refractivity contribution in [3.63, 3.8) is 0 Å². The molecule has 0 bridgehead atoms. The van der Waals surface area contributed by atoms with E-state index in [1.165, 1.54) is 11.1 Å². The van der Waals surface area contributed by atoms with Gasteiger partial charge in [-0.3, -0.25) is 0 Å². The van der Waals surface area contributed by atoms with Crippen LogP contribution in [0.2, 0.25) is 0 Å². The van der Waals surface area contributed by atoms with E-state index in [4.69, 9.17) is 0 Å². The zero-order chi connectivity index (χ0) is 15.0. The molecule has 0 aliphatic heterocycles. The molecule has 4 heteroatoms. The van der Waals surface area contributed by atoms with Crippen LogP contribution in [0.4, 0.5) is 0 Å². The van der Waals surface area contributed by atoms with Gasteiger partial charge in [0.1, 0.15) is 12.4 Å². The maximum atomic E-state index is 9.53. The van der Waals surface area contributed by atoms with Gasteiger partial charge in [0.15, 0.2) is 5.82 Å². The molecule has 1 unspecified atom stereocenters. The fourth-order valence-electron chi connectivity index (χ4n) is 3.35. The molecule has 1 N–H and O–H groups in total. The predicted octanol–water partition coefficient (Wildman–Crippen LogP) is 2.80. The molecule has 1 aromatic carbocycles. The molecule has 21 heavy (non-hydrogen) atoms. The summed E-state index contributed by atoms with van der Waals surface area (Å²) in [7, 11) is 0. The van der Waals surface area contributed by atoms with Crippen LogP contribution < -0.4 is 0 Å². The number of benzene rings is 1. The van der Waals surface area contributed by atoms with Crippen LogP contribution in [0.25, 0.3) is 0 Å². The van der Waals surface area contributed by atoms with Gasteiger partial charge in [-0.25, -0.2) is 0 Å². The molecule has 1 aromatic heterocycles. The van der Waals surface area contributed by atoms with Crippen LogP contribution in [0.1, 0.15) is 55.9 Å². The Balaban J connectivity index is 1.98. The Labute approximate surface area is 125 Å². The molecule has 112 valence electrons. The summed E-state index contributed by atoms with van der Waals surface area (Å²) in [6.07, 6.45) is 3.19. The van der Waals surface area contributed by atoms with Crippen molar-refractivity contribution in [3.8, 4) is 0 Å². The Morgan fingerprint density at radius 1 is 1.19 bits per heavy atom. The molecule has 2 aromatic rings. The minimum Gasteiger partial charge on any atom is -0.388 e. The van der Waals surface area contributed by atoms with Gasteiger partial charge in [0.05, 0.1) is 0 Å². The Hall–Kier alpha value is -1.68. The lowest BCUT2D eigenvalue weighted by atomic mass is 9.83. The first-order chi connectivity index (χ1) is 10.0. The van der Waals surface area contributed by atoms with Crippen molar-refractivity contribution >= 4 is 0 Å². The van der Waals surface area contributed by atoms with E-state index in [0.29, 0.717) is 11.7 Å². The SMILES string of the molecule is CC(C)(C)n1c(CO)nnc1C1CCc2ccccc2C1.